The minimum atomic E-state index is -1.79. The van der Waals surface area contributed by atoms with Crippen LogP contribution in [0.5, 0.6) is 0 Å². The Morgan fingerprint density at radius 3 is 2.05 bits per heavy atom. The third-order valence-corrected chi connectivity index (χ3v) is 9.86. The van der Waals surface area contributed by atoms with E-state index in [2.05, 4.69) is 76.1 Å². The van der Waals surface area contributed by atoms with Crippen LogP contribution in [0.25, 0.3) is 0 Å². The van der Waals surface area contributed by atoms with Gasteiger partial charge in [-0.25, -0.2) is 0 Å². The van der Waals surface area contributed by atoms with Gasteiger partial charge in [-0.2, -0.15) is 0 Å². The summed E-state index contributed by atoms with van der Waals surface area (Å²) in [6.07, 6.45) is 2.19. The molecule has 118 valence electrons. The van der Waals surface area contributed by atoms with Crippen LogP contribution in [-0.2, 0) is 10.0 Å². The molecule has 0 spiro atoms. The predicted octanol–water partition coefficient (Wildman–Crippen LogP) is 4.63. The molecule has 0 aliphatic carbocycles. The molecule has 21 heavy (non-hydrogen) atoms. The summed E-state index contributed by atoms with van der Waals surface area (Å²) in [6.45, 7) is 14.0. The Morgan fingerprint density at radius 1 is 1.05 bits per heavy atom. The molecular formula is C18H31NOSi. The maximum absolute atomic E-state index is 6.98. The fourth-order valence-corrected chi connectivity index (χ4v) is 4.42. The first kappa shape index (κ1) is 16.7. The van der Waals surface area contributed by atoms with Gasteiger partial charge in [0.2, 0.25) is 0 Å². The number of nitrogens with zero attached hydrogens (tertiary/aromatic N) is 1. The van der Waals surface area contributed by atoms with Crippen LogP contribution in [0.3, 0.4) is 0 Å². The topological polar surface area (TPSA) is 12.5 Å². The van der Waals surface area contributed by atoms with E-state index in [9.17, 15) is 0 Å². The Morgan fingerprint density at radius 2 is 1.57 bits per heavy atom. The van der Waals surface area contributed by atoms with E-state index in [4.69, 9.17) is 4.43 Å². The molecule has 0 amide bonds. The number of likely N-dealkylation sites (tertiary alicyclic amines) is 1. The highest BCUT2D eigenvalue weighted by Crippen LogP contribution is 2.45. The van der Waals surface area contributed by atoms with Crippen LogP contribution in [0.1, 0.15) is 39.2 Å². The zero-order valence-electron chi connectivity index (χ0n) is 14.6. The van der Waals surface area contributed by atoms with Crippen LogP contribution >= 0.6 is 0 Å². The van der Waals surface area contributed by atoms with Gasteiger partial charge in [-0.15, -0.1) is 0 Å². The summed E-state index contributed by atoms with van der Waals surface area (Å²) < 4.78 is 6.98. The summed E-state index contributed by atoms with van der Waals surface area (Å²) in [5, 5.41) is 0.248. The van der Waals surface area contributed by atoms with E-state index in [0.29, 0.717) is 0 Å². The van der Waals surface area contributed by atoms with Crippen molar-refractivity contribution >= 4 is 8.32 Å². The van der Waals surface area contributed by atoms with Crippen molar-refractivity contribution in [1.82, 2.24) is 4.90 Å². The fraction of sp³-hybridized carbons (Fsp3) is 0.667. The quantitative estimate of drug-likeness (QED) is 0.755. The molecule has 1 fully saturated rings. The van der Waals surface area contributed by atoms with E-state index in [1.54, 1.807) is 0 Å². The molecule has 1 aliphatic rings. The Balaban J connectivity index is 2.34. The molecule has 3 heteroatoms. The number of benzene rings is 1. The van der Waals surface area contributed by atoms with Crippen LogP contribution in [-0.4, -0.2) is 33.4 Å². The minimum Gasteiger partial charge on any atom is -0.407 e. The molecular weight excluding hydrogens is 274 g/mol. The van der Waals surface area contributed by atoms with Crippen molar-refractivity contribution < 1.29 is 4.43 Å². The second-order valence-corrected chi connectivity index (χ2v) is 12.8. The highest BCUT2D eigenvalue weighted by molar-refractivity contribution is 6.74. The van der Waals surface area contributed by atoms with Gasteiger partial charge in [0.05, 0.1) is 5.60 Å². The van der Waals surface area contributed by atoms with Gasteiger partial charge in [-0.05, 0) is 43.6 Å². The van der Waals surface area contributed by atoms with Crippen molar-refractivity contribution in [2.24, 2.45) is 0 Å². The minimum absolute atomic E-state index is 0.0865. The summed E-state index contributed by atoms with van der Waals surface area (Å²) in [5.41, 5.74) is 1.28. The molecule has 0 bridgehead atoms. The number of piperidine rings is 1. The summed E-state index contributed by atoms with van der Waals surface area (Å²) in [7, 11) is 0.422. The number of hydrogen-bond acceptors (Lipinski definition) is 2. The van der Waals surface area contributed by atoms with Gasteiger partial charge in [0.25, 0.3) is 0 Å². The van der Waals surface area contributed by atoms with E-state index < -0.39 is 8.32 Å². The Kier molecular flexibility index (Phi) is 4.67. The third kappa shape index (κ3) is 3.58. The van der Waals surface area contributed by atoms with Crippen LogP contribution < -0.4 is 0 Å². The van der Waals surface area contributed by atoms with Crippen LogP contribution in [0.15, 0.2) is 30.3 Å². The monoisotopic (exact) mass is 305 g/mol. The predicted molar refractivity (Wildman–Crippen MR) is 93.1 cm³/mol. The Hall–Kier alpha value is -0.643. The van der Waals surface area contributed by atoms with Gasteiger partial charge in [-0.1, -0.05) is 51.1 Å². The largest absolute Gasteiger partial charge is 0.407 e. The molecule has 1 saturated heterocycles. The van der Waals surface area contributed by atoms with Gasteiger partial charge >= 0.3 is 0 Å². The maximum Gasteiger partial charge on any atom is 0.193 e. The normalized spacial score (nSPS) is 20.5. The lowest BCUT2D eigenvalue weighted by molar-refractivity contribution is -0.00832. The first-order valence-electron chi connectivity index (χ1n) is 8.11. The molecule has 1 aliphatic heterocycles. The molecule has 1 heterocycles. The number of rotatable bonds is 3. The van der Waals surface area contributed by atoms with E-state index in [0.717, 1.165) is 25.9 Å². The maximum atomic E-state index is 6.98. The van der Waals surface area contributed by atoms with Crippen LogP contribution in [0.4, 0.5) is 0 Å². The van der Waals surface area contributed by atoms with Gasteiger partial charge < -0.3 is 9.33 Å². The fourth-order valence-electron chi connectivity index (χ4n) is 2.81. The molecule has 0 aromatic heterocycles. The second kappa shape index (κ2) is 5.86. The van der Waals surface area contributed by atoms with Crippen molar-refractivity contribution in [2.75, 3.05) is 20.1 Å². The van der Waals surface area contributed by atoms with Gasteiger partial charge in [0.1, 0.15) is 0 Å². The average molecular weight is 306 g/mol. The first-order valence-corrected chi connectivity index (χ1v) is 11.0. The van der Waals surface area contributed by atoms with E-state index >= 15 is 0 Å². The van der Waals surface area contributed by atoms with Crippen molar-refractivity contribution in [2.45, 2.75) is 57.3 Å². The van der Waals surface area contributed by atoms with E-state index in [1.165, 1.54) is 5.56 Å². The van der Waals surface area contributed by atoms with Crippen LogP contribution in [0, 0.1) is 0 Å². The molecule has 2 rings (SSSR count). The van der Waals surface area contributed by atoms with E-state index in [1.807, 2.05) is 0 Å². The van der Waals surface area contributed by atoms with E-state index in [-0.39, 0.29) is 10.6 Å². The Bertz CT molecular complexity index is 456. The summed E-state index contributed by atoms with van der Waals surface area (Å²) >= 11 is 0. The summed E-state index contributed by atoms with van der Waals surface area (Å²) in [4.78, 5) is 2.41. The van der Waals surface area contributed by atoms with Crippen molar-refractivity contribution in [3.05, 3.63) is 35.9 Å². The highest BCUT2D eigenvalue weighted by atomic mass is 28.4. The lowest BCUT2D eigenvalue weighted by Gasteiger charge is -2.49. The lowest BCUT2D eigenvalue weighted by Crippen LogP contribution is -2.52. The van der Waals surface area contributed by atoms with Crippen molar-refractivity contribution in [1.29, 1.82) is 0 Å². The molecule has 1 aromatic rings. The summed E-state index contributed by atoms with van der Waals surface area (Å²) in [6, 6.07) is 10.9. The molecule has 2 nitrogen and oxygen atoms in total. The lowest BCUT2D eigenvalue weighted by atomic mass is 9.85. The highest BCUT2D eigenvalue weighted by Gasteiger charge is 2.46. The Labute approximate surface area is 131 Å². The van der Waals surface area contributed by atoms with Gasteiger partial charge in [0, 0.05) is 13.1 Å². The van der Waals surface area contributed by atoms with Crippen LogP contribution in [0.2, 0.25) is 18.1 Å². The molecule has 0 radical (unpaired) electrons. The second-order valence-electron chi connectivity index (χ2n) is 8.03. The molecule has 0 N–H and O–H groups in total. The zero-order chi connectivity index (χ0) is 15.7. The first-order chi connectivity index (χ1) is 9.66. The SMILES string of the molecule is CN1CCC(O[Si](C)(C)C(C)(C)C)(c2ccccc2)CC1. The molecule has 0 saturated carbocycles. The van der Waals surface area contributed by atoms with Gasteiger partial charge in [0.15, 0.2) is 8.32 Å². The number of hydrogen-bond donors (Lipinski definition) is 0. The average Bonchev–Trinajstić information content (AvgIpc) is 2.41. The summed E-state index contributed by atoms with van der Waals surface area (Å²) in [5.74, 6) is 0. The van der Waals surface area contributed by atoms with Gasteiger partial charge in [-0.3, -0.25) is 0 Å². The standard InChI is InChI=1S/C18H31NOSi/c1-17(2,3)21(5,6)20-18(12-14-19(4)15-13-18)16-10-8-7-9-11-16/h7-11H,12-15H2,1-6H3. The molecule has 0 atom stereocenters. The molecule has 0 unspecified atom stereocenters. The third-order valence-electron chi connectivity index (χ3n) is 5.35. The molecule has 1 aromatic carbocycles. The van der Waals surface area contributed by atoms with Crippen molar-refractivity contribution in [3.63, 3.8) is 0 Å². The van der Waals surface area contributed by atoms with Crippen molar-refractivity contribution in [3.8, 4) is 0 Å². The zero-order valence-corrected chi connectivity index (χ0v) is 15.6. The smallest absolute Gasteiger partial charge is 0.193 e.